The maximum absolute atomic E-state index is 2.50. The zero-order valence-electron chi connectivity index (χ0n) is 9.42. The molecule has 0 spiro atoms. The summed E-state index contributed by atoms with van der Waals surface area (Å²) in [6.45, 7) is 7.74. The minimum absolute atomic E-state index is 0.950. The van der Waals surface area contributed by atoms with Gasteiger partial charge < -0.3 is 4.48 Å². The molecular weight excluding hydrogens is 158 g/mol. The molecule has 0 bridgehead atoms. The number of quaternary nitrogens is 1. The van der Waals surface area contributed by atoms with Gasteiger partial charge in [0.05, 0.1) is 26.2 Å². The van der Waals surface area contributed by atoms with Gasteiger partial charge >= 0.3 is 0 Å². The van der Waals surface area contributed by atoms with Crippen LogP contribution in [0.4, 0.5) is 0 Å². The molecule has 2 rings (SSSR count). The SMILES string of the molecule is CC1C[N+](C)(C2CCCC2)CC1C. The zero-order valence-corrected chi connectivity index (χ0v) is 9.42. The van der Waals surface area contributed by atoms with Crippen LogP contribution in [0.1, 0.15) is 39.5 Å². The molecule has 1 heteroatoms. The Kier molecular flexibility index (Phi) is 2.39. The predicted octanol–water partition coefficient (Wildman–Crippen LogP) is 2.66. The van der Waals surface area contributed by atoms with E-state index in [4.69, 9.17) is 0 Å². The molecule has 2 unspecified atom stereocenters. The molecule has 0 amide bonds. The van der Waals surface area contributed by atoms with E-state index >= 15 is 0 Å². The van der Waals surface area contributed by atoms with Crippen LogP contribution in [-0.4, -0.2) is 30.7 Å². The van der Waals surface area contributed by atoms with E-state index in [1.54, 1.807) is 0 Å². The average molecular weight is 182 g/mol. The van der Waals surface area contributed by atoms with Crippen LogP contribution < -0.4 is 0 Å². The lowest BCUT2D eigenvalue weighted by Gasteiger charge is -2.36. The number of rotatable bonds is 1. The Morgan fingerprint density at radius 3 is 1.85 bits per heavy atom. The average Bonchev–Trinajstić information content (AvgIpc) is 2.61. The normalized spacial score (nSPS) is 47.3. The molecular formula is C12H24N+. The summed E-state index contributed by atoms with van der Waals surface area (Å²) in [7, 11) is 2.50. The fraction of sp³-hybridized carbons (Fsp3) is 1.00. The third-order valence-electron chi connectivity index (χ3n) is 4.59. The van der Waals surface area contributed by atoms with Crippen molar-refractivity contribution in [2.24, 2.45) is 11.8 Å². The summed E-state index contributed by atoms with van der Waals surface area (Å²) in [6.07, 6.45) is 5.97. The summed E-state index contributed by atoms with van der Waals surface area (Å²) < 4.78 is 1.39. The monoisotopic (exact) mass is 182 g/mol. The molecule has 1 heterocycles. The smallest absolute Gasteiger partial charge is 0.0888 e. The second kappa shape index (κ2) is 3.27. The van der Waals surface area contributed by atoms with Crippen LogP contribution >= 0.6 is 0 Å². The van der Waals surface area contributed by atoms with Gasteiger partial charge in [0.1, 0.15) is 0 Å². The van der Waals surface area contributed by atoms with E-state index in [0.717, 1.165) is 17.9 Å². The standard InChI is InChI=1S/C12H24N/c1-10-8-13(3,9-11(10)2)12-6-4-5-7-12/h10-12H,4-9H2,1-3H3/q+1. The Bertz CT molecular complexity index is 172. The van der Waals surface area contributed by atoms with Gasteiger partial charge in [-0.3, -0.25) is 0 Å². The third kappa shape index (κ3) is 1.63. The molecule has 2 atom stereocenters. The van der Waals surface area contributed by atoms with Crippen molar-refractivity contribution in [2.45, 2.75) is 45.6 Å². The highest BCUT2D eigenvalue weighted by Crippen LogP contribution is 2.36. The maximum Gasteiger partial charge on any atom is 0.0888 e. The van der Waals surface area contributed by atoms with Crippen LogP contribution in [0.25, 0.3) is 0 Å². The lowest BCUT2D eigenvalue weighted by atomic mass is 10.0. The molecule has 0 aromatic heterocycles. The molecule has 1 aliphatic heterocycles. The van der Waals surface area contributed by atoms with Crippen LogP contribution in [0, 0.1) is 11.8 Å². The third-order valence-corrected chi connectivity index (χ3v) is 4.59. The topological polar surface area (TPSA) is 0 Å². The van der Waals surface area contributed by atoms with Crippen LogP contribution in [0.3, 0.4) is 0 Å². The van der Waals surface area contributed by atoms with Gasteiger partial charge in [0.15, 0.2) is 0 Å². The molecule has 76 valence electrons. The highest BCUT2D eigenvalue weighted by atomic mass is 15.4. The van der Waals surface area contributed by atoms with E-state index in [0.29, 0.717) is 0 Å². The Balaban J connectivity index is 2.04. The molecule has 1 saturated carbocycles. The Morgan fingerprint density at radius 1 is 0.923 bits per heavy atom. The van der Waals surface area contributed by atoms with Crippen LogP contribution in [0.15, 0.2) is 0 Å². The van der Waals surface area contributed by atoms with E-state index in [1.165, 1.54) is 43.3 Å². The molecule has 0 N–H and O–H groups in total. The fourth-order valence-corrected chi connectivity index (χ4v) is 3.58. The minimum atomic E-state index is 0.950. The summed E-state index contributed by atoms with van der Waals surface area (Å²) in [4.78, 5) is 0. The summed E-state index contributed by atoms with van der Waals surface area (Å²) in [6, 6.07) is 1.01. The van der Waals surface area contributed by atoms with Gasteiger partial charge in [0.25, 0.3) is 0 Å². The van der Waals surface area contributed by atoms with Gasteiger partial charge in [0.2, 0.25) is 0 Å². The zero-order chi connectivity index (χ0) is 9.47. The van der Waals surface area contributed by atoms with Gasteiger partial charge in [0, 0.05) is 11.8 Å². The van der Waals surface area contributed by atoms with E-state index in [1.807, 2.05) is 0 Å². The van der Waals surface area contributed by atoms with Crippen molar-refractivity contribution in [1.82, 2.24) is 0 Å². The van der Waals surface area contributed by atoms with Gasteiger partial charge in [-0.1, -0.05) is 13.8 Å². The summed E-state index contributed by atoms with van der Waals surface area (Å²) in [5.41, 5.74) is 0. The van der Waals surface area contributed by atoms with Crippen molar-refractivity contribution >= 4 is 0 Å². The number of hydrogen-bond acceptors (Lipinski definition) is 0. The van der Waals surface area contributed by atoms with Crippen molar-refractivity contribution in [1.29, 1.82) is 0 Å². The summed E-state index contributed by atoms with van der Waals surface area (Å²) in [5.74, 6) is 1.90. The summed E-state index contributed by atoms with van der Waals surface area (Å²) >= 11 is 0. The number of likely N-dealkylation sites (tertiary alicyclic amines) is 1. The molecule has 1 aliphatic carbocycles. The van der Waals surface area contributed by atoms with E-state index in [-0.39, 0.29) is 0 Å². The Hall–Kier alpha value is -0.0400. The fourth-order valence-electron chi connectivity index (χ4n) is 3.58. The first-order valence-corrected chi connectivity index (χ1v) is 5.96. The summed E-state index contributed by atoms with van der Waals surface area (Å²) in [5, 5.41) is 0. The first kappa shape index (κ1) is 9.51. The molecule has 0 radical (unpaired) electrons. The van der Waals surface area contributed by atoms with Crippen LogP contribution in [0.5, 0.6) is 0 Å². The predicted molar refractivity (Wildman–Crippen MR) is 56.5 cm³/mol. The van der Waals surface area contributed by atoms with E-state index < -0.39 is 0 Å². The van der Waals surface area contributed by atoms with Crippen molar-refractivity contribution in [3.8, 4) is 0 Å². The highest BCUT2D eigenvalue weighted by molar-refractivity contribution is 4.75. The largest absolute Gasteiger partial charge is 0.323 e. The van der Waals surface area contributed by atoms with Gasteiger partial charge in [-0.15, -0.1) is 0 Å². The van der Waals surface area contributed by atoms with Gasteiger partial charge in [-0.2, -0.15) is 0 Å². The highest BCUT2D eigenvalue weighted by Gasteiger charge is 2.43. The maximum atomic E-state index is 2.50. The van der Waals surface area contributed by atoms with Gasteiger partial charge in [-0.05, 0) is 25.7 Å². The first-order valence-electron chi connectivity index (χ1n) is 5.96. The van der Waals surface area contributed by atoms with Crippen molar-refractivity contribution in [2.75, 3.05) is 20.1 Å². The second-order valence-corrected chi connectivity index (χ2v) is 5.74. The van der Waals surface area contributed by atoms with Crippen molar-refractivity contribution < 1.29 is 4.48 Å². The molecule has 0 aromatic carbocycles. The van der Waals surface area contributed by atoms with Crippen molar-refractivity contribution in [3.63, 3.8) is 0 Å². The van der Waals surface area contributed by atoms with Gasteiger partial charge in [-0.25, -0.2) is 0 Å². The van der Waals surface area contributed by atoms with E-state index in [9.17, 15) is 0 Å². The molecule has 0 aromatic rings. The minimum Gasteiger partial charge on any atom is -0.323 e. The van der Waals surface area contributed by atoms with Crippen LogP contribution in [0.2, 0.25) is 0 Å². The molecule has 1 nitrogen and oxygen atoms in total. The second-order valence-electron chi connectivity index (χ2n) is 5.74. The lowest BCUT2D eigenvalue weighted by molar-refractivity contribution is -0.923. The first-order chi connectivity index (χ1) is 6.12. The Labute approximate surface area is 82.7 Å². The number of hydrogen-bond donors (Lipinski definition) is 0. The molecule has 1 saturated heterocycles. The van der Waals surface area contributed by atoms with Crippen molar-refractivity contribution in [3.05, 3.63) is 0 Å². The molecule has 2 aliphatic rings. The lowest BCUT2D eigenvalue weighted by Crippen LogP contribution is -2.49. The van der Waals surface area contributed by atoms with E-state index in [2.05, 4.69) is 20.9 Å². The number of nitrogens with zero attached hydrogens (tertiary/aromatic N) is 1. The molecule has 2 fully saturated rings. The molecule has 13 heavy (non-hydrogen) atoms. The van der Waals surface area contributed by atoms with Crippen LogP contribution in [-0.2, 0) is 0 Å². The quantitative estimate of drug-likeness (QED) is 0.547. The Morgan fingerprint density at radius 2 is 1.38 bits per heavy atom.